The predicted octanol–water partition coefficient (Wildman–Crippen LogP) is 0.690. The van der Waals surface area contributed by atoms with Crippen LogP contribution in [0.5, 0.6) is 0 Å². The topological polar surface area (TPSA) is 101 Å². The van der Waals surface area contributed by atoms with E-state index in [2.05, 4.69) is 10.0 Å². The van der Waals surface area contributed by atoms with E-state index < -0.39 is 27.5 Å². The van der Waals surface area contributed by atoms with Crippen LogP contribution in [-0.2, 0) is 14.8 Å². The number of carbonyl (C=O) groups excluding carboxylic acids is 1. The number of hydrogen-bond donors (Lipinski definition) is 3. The van der Waals surface area contributed by atoms with E-state index in [0.717, 1.165) is 11.3 Å². The molecule has 0 aliphatic carbocycles. The van der Waals surface area contributed by atoms with Crippen molar-refractivity contribution in [3.8, 4) is 0 Å². The van der Waals surface area contributed by atoms with E-state index in [0.29, 0.717) is 0 Å². The zero-order chi connectivity index (χ0) is 14.7. The Morgan fingerprint density at radius 3 is 2.55 bits per heavy atom. The summed E-state index contributed by atoms with van der Waals surface area (Å²) in [6, 6.07) is 2.26. The lowest BCUT2D eigenvalue weighted by atomic mass is 10.1. The van der Waals surface area contributed by atoms with Crippen molar-refractivity contribution >= 4 is 39.7 Å². The van der Waals surface area contributed by atoms with Crippen LogP contribution in [0.25, 0.3) is 0 Å². The molecule has 1 amide bonds. The smallest absolute Gasteiger partial charge is 0.250 e. The van der Waals surface area contributed by atoms with Gasteiger partial charge in [-0.15, -0.1) is 23.7 Å². The molecule has 0 saturated heterocycles. The fourth-order valence-corrected chi connectivity index (χ4v) is 3.47. The SMILES string of the molecule is CC(NS(=O)(=O)c1cccs1)C(=O)NC(C)(C)CN.Cl. The van der Waals surface area contributed by atoms with Gasteiger partial charge in [0.05, 0.1) is 6.04 Å². The van der Waals surface area contributed by atoms with Crippen molar-refractivity contribution in [2.75, 3.05) is 6.54 Å². The van der Waals surface area contributed by atoms with Gasteiger partial charge in [0.2, 0.25) is 5.91 Å². The van der Waals surface area contributed by atoms with Gasteiger partial charge < -0.3 is 11.1 Å². The zero-order valence-electron chi connectivity index (χ0n) is 11.5. The molecule has 6 nitrogen and oxygen atoms in total. The summed E-state index contributed by atoms with van der Waals surface area (Å²) in [6.07, 6.45) is 0. The zero-order valence-corrected chi connectivity index (χ0v) is 14.0. The Labute approximate surface area is 129 Å². The van der Waals surface area contributed by atoms with Gasteiger partial charge in [-0.1, -0.05) is 6.07 Å². The first-order chi connectivity index (χ1) is 8.68. The predicted molar refractivity (Wildman–Crippen MR) is 82.6 cm³/mol. The largest absolute Gasteiger partial charge is 0.349 e. The van der Waals surface area contributed by atoms with Crippen molar-refractivity contribution in [2.24, 2.45) is 5.73 Å². The molecule has 9 heteroatoms. The van der Waals surface area contributed by atoms with E-state index in [1.54, 1.807) is 25.3 Å². The average Bonchev–Trinajstić information content (AvgIpc) is 2.82. The number of halogens is 1. The number of hydrogen-bond acceptors (Lipinski definition) is 5. The molecule has 1 aromatic heterocycles. The number of nitrogens with one attached hydrogen (secondary N) is 2. The molecule has 116 valence electrons. The highest BCUT2D eigenvalue weighted by atomic mass is 35.5. The molecule has 0 bridgehead atoms. The van der Waals surface area contributed by atoms with Gasteiger partial charge in [0, 0.05) is 12.1 Å². The van der Waals surface area contributed by atoms with E-state index >= 15 is 0 Å². The van der Waals surface area contributed by atoms with Crippen molar-refractivity contribution in [3.63, 3.8) is 0 Å². The van der Waals surface area contributed by atoms with Gasteiger partial charge in [-0.05, 0) is 32.2 Å². The number of amides is 1. The highest BCUT2D eigenvalue weighted by Crippen LogP contribution is 2.15. The molecule has 1 aromatic rings. The fraction of sp³-hybridized carbons (Fsp3) is 0.545. The summed E-state index contributed by atoms with van der Waals surface area (Å²) in [6.45, 7) is 5.30. The standard InChI is InChI=1S/C11H19N3O3S2.ClH/c1-8(10(15)13-11(2,3)7-12)14-19(16,17)9-5-4-6-18-9;/h4-6,8,14H,7,12H2,1-3H3,(H,13,15);1H. The number of carbonyl (C=O) groups is 1. The molecule has 0 radical (unpaired) electrons. The van der Waals surface area contributed by atoms with E-state index in [-0.39, 0.29) is 23.2 Å². The maximum atomic E-state index is 11.9. The molecule has 1 rings (SSSR count). The molecule has 1 heterocycles. The third kappa shape index (κ3) is 5.37. The van der Waals surface area contributed by atoms with Crippen molar-refractivity contribution in [3.05, 3.63) is 17.5 Å². The van der Waals surface area contributed by atoms with Crippen LogP contribution in [0.2, 0.25) is 0 Å². The molecule has 0 spiro atoms. The second kappa shape index (κ2) is 7.37. The number of nitrogens with two attached hydrogens (primary N) is 1. The van der Waals surface area contributed by atoms with Crippen LogP contribution in [0.4, 0.5) is 0 Å². The van der Waals surface area contributed by atoms with E-state index in [9.17, 15) is 13.2 Å². The van der Waals surface area contributed by atoms with Gasteiger partial charge in [-0.25, -0.2) is 8.42 Å². The minimum atomic E-state index is -3.65. The first-order valence-corrected chi connectivity index (χ1v) is 8.12. The molecule has 0 fully saturated rings. The third-order valence-electron chi connectivity index (χ3n) is 2.46. The summed E-state index contributed by atoms with van der Waals surface area (Å²) in [5.41, 5.74) is 4.94. The molecule has 4 N–H and O–H groups in total. The normalized spacial score (nSPS) is 13.4. The Morgan fingerprint density at radius 1 is 1.50 bits per heavy atom. The summed E-state index contributed by atoms with van der Waals surface area (Å²) in [7, 11) is -3.65. The summed E-state index contributed by atoms with van der Waals surface area (Å²) >= 11 is 1.10. The Bertz CT molecular complexity index is 529. The lowest BCUT2D eigenvalue weighted by molar-refractivity contribution is -0.123. The van der Waals surface area contributed by atoms with Crippen molar-refractivity contribution in [1.29, 1.82) is 0 Å². The van der Waals surface area contributed by atoms with Crippen molar-refractivity contribution in [2.45, 2.75) is 36.6 Å². The highest BCUT2D eigenvalue weighted by Gasteiger charge is 2.26. The number of sulfonamides is 1. The molecule has 1 unspecified atom stereocenters. The molecule has 0 aliphatic rings. The molecule has 20 heavy (non-hydrogen) atoms. The van der Waals surface area contributed by atoms with Crippen LogP contribution in [-0.4, -0.2) is 32.5 Å². The molecule has 0 saturated carbocycles. The van der Waals surface area contributed by atoms with Gasteiger partial charge in [-0.2, -0.15) is 4.72 Å². The first-order valence-electron chi connectivity index (χ1n) is 5.76. The first kappa shape index (κ1) is 19.3. The van der Waals surface area contributed by atoms with E-state index in [1.165, 1.54) is 13.0 Å². The van der Waals surface area contributed by atoms with Gasteiger partial charge in [0.1, 0.15) is 4.21 Å². The molecule has 0 aromatic carbocycles. The average molecular weight is 342 g/mol. The number of rotatable bonds is 6. The summed E-state index contributed by atoms with van der Waals surface area (Å²) < 4.78 is 26.4. The fourth-order valence-electron chi connectivity index (χ4n) is 1.25. The second-order valence-electron chi connectivity index (χ2n) is 4.85. The van der Waals surface area contributed by atoms with Crippen LogP contribution in [0.1, 0.15) is 20.8 Å². The molecule has 0 aliphatic heterocycles. The highest BCUT2D eigenvalue weighted by molar-refractivity contribution is 7.91. The van der Waals surface area contributed by atoms with Gasteiger partial charge in [0.25, 0.3) is 10.0 Å². The monoisotopic (exact) mass is 341 g/mol. The van der Waals surface area contributed by atoms with Crippen molar-refractivity contribution < 1.29 is 13.2 Å². The van der Waals surface area contributed by atoms with Crippen molar-refractivity contribution in [1.82, 2.24) is 10.0 Å². The summed E-state index contributed by atoms with van der Waals surface area (Å²) in [5, 5.41) is 4.35. The lowest BCUT2D eigenvalue weighted by Gasteiger charge is -2.26. The van der Waals surface area contributed by atoms with Gasteiger partial charge in [-0.3, -0.25) is 4.79 Å². The molecular weight excluding hydrogens is 322 g/mol. The Morgan fingerprint density at radius 2 is 2.10 bits per heavy atom. The molecule has 1 atom stereocenters. The molecular formula is C11H20ClN3O3S2. The third-order valence-corrected chi connectivity index (χ3v) is 5.40. The maximum absolute atomic E-state index is 11.9. The maximum Gasteiger partial charge on any atom is 0.250 e. The quantitative estimate of drug-likeness (QED) is 0.708. The van der Waals surface area contributed by atoms with Gasteiger partial charge >= 0.3 is 0 Å². The van der Waals surface area contributed by atoms with Crippen LogP contribution in [0.15, 0.2) is 21.7 Å². The Kier molecular flexibility index (Phi) is 7.12. The number of thiophene rings is 1. The van der Waals surface area contributed by atoms with Crippen LogP contribution in [0, 0.1) is 0 Å². The second-order valence-corrected chi connectivity index (χ2v) is 7.74. The van der Waals surface area contributed by atoms with E-state index in [1.807, 2.05) is 0 Å². The van der Waals surface area contributed by atoms with Crippen LogP contribution >= 0.6 is 23.7 Å². The van der Waals surface area contributed by atoms with Crippen LogP contribution < -0.4 is 15.8 Å². The van der Waals surface area contributed by atoms with Gasteiger partial charge in [0.15, 0.2) is 0 Å². The minimum absolute atomic E-state index is 0. The lowest BCUT2D eigenvalue weighted by Crippen LogP contribution is -2.54. The summed E-state index contributed by atoms with van der Waals surface area (Å²) in [5.74, 6) is -0.407. The van der Waals surface area contributed by atoms with Crippen LogP contribution in [0.3, 0.4) is 0 Å². The Balaban J connectivity index is 0.00000361. The minimum Gasteiger partial charge on any atom is -0.349 e. The Hall–Kier alpha value is -0.670. The summed E-state index contributed by atoms with van der Waals surface area (Å²) in [4.78, 5) is 11.9. The van der Waals surface area contributed by atoms with E-state index in [4.69, 9.17) is 5.73 Å².